The summed E-state index contributed by atoms with van der Waals surface area (Å²) in [7, 11) is 0. The molecule has 1 aliphatic heterocycles. The van der Waals surface area contributed by atoms with Gasteiger partial charge in [-0.2, -0.15) is 0 Å². The van der Waals surface area contributed by atoms with Gasteiger partial charge in [0.25, 0.3) is 5.79 Å². The predicted octanol–water partition coefficient (Wildman–Crippen LogP) is 3.83. The van der Waals surface area contributed by atoms with Crippen molar-refractivity contribution in [3.63, 3.8) is 0 Å². The minimum absolute atomic E-state index is 0.187. The molecule has 0 aliphatic carbocycles. The first kappa shape index (κ1) is 19.5. The maximum Gasteiger partial charge on any atom is 0.350 e. The largest absolute Gasteiger partial charge is 0.494 e. The van der Waals surface area contributed by atoms with Gasteiger partial charge in [-0.1, -0.05) is 36.4 Å². The second-order valence-corrected chi connectivity index (χ2v) is 6.85. The first-order chi connectivity index (χ1) is 13.4. The third-order valence-corrected chi connectivity index (χ3v) is 4.06. The highest BCUT2D eigenvalue weighted by Gasteiger charge is 2.38. The number of ether oxygens (including phenoxy) is 3. The summed E-state index contributed by atoms with van der Waals surface area (Å²) in [6.45, 7) is 3.60. The van der Waals surface area contributed by atoms with Gasteiger partial charge in [0.2, 0.25) is 0 Å². The van der Waals surface area contributed by atoms with E-state index in [0.29, 0.717) is 18.0 Å². The zero-order valence-corrected chi connectivity index (χ0v) is 15.9. The summed E-state index contributed by atoms with van der Waals surface area (Å²) in [5.41, 5.74) is 1.77. The Morgan fingerprint density at radius 2 is 1.71 bits per heavy atom. The molecule has 1 saturated heterocycles. The van der Waals surface area contributed by atoms with Gasteiger partial charge in [-0.15, -0.1) is 0 Å². The van der Waals surface area contributed by atoms with Crippen LogP contribution in [0.25, 0.3) is 0 Å². The molecule has 0 bridgehead atoms. The number of hydrogen-bond donors (Lipinski definition) is 1. The van der Waals surface area contributed by atoms with E-state index in [1.165, 1.54) is 25.6 Å². The molecule has 3 rings (SSSR count). The van der Waals surface area contributed by atoms with Crippen LogP contribution < -0.4 is 10.1 Å². The number of hydrogen-bond acceptors (Lipinski definition) is 6. The molecule has 0 amide bonds. The molecule has 0 atom stereocenters. The van der Waals surface area contributed by atoms with Crippen LogP contribution in [0.5, 0.6) is 5.75 Å². The Morgan fingerprint density at radius 3 is 2.43 bits per heavy atom. The van der Waals surface area contributed by atoms with Crippen LogP contribution in [0.3, 0.4) is 0 Å². The number of carbonyl (C=O) groups excluding carboxylic acids is 2. The average Bonchev–Trinajstić information content (AvgIpc) is 2.65. The van der Waals surface area contributed by atoms with Crippen molar-refractivity contribution in [1.82, 2.24) is 0 Å². The van der Waals surface area contributed by atoms with E-state index in [2.05, 4.69) is 17.4 Å². The molecule has 0 aromatic heterocycles. The van der Waals surface area contributed by atoms with Crippen LogP contribution in [0.4, 0.5) is 5.69 Å². The summed E-state index contributed by atoms with van der Waals surface area (Å²) in [4.78, 5) is 23.9. The predicted molar refractivity (Wildman–Crippen MR) is 105 cm³/mol. The van der Waals surface area contributed by atoms with E-state index in [4.69, 9.17) is 14.2 Å². The molecule has 0 unspecified atom stereocenters. The Hall–Kier alpha value is -3.28. The summed E-state index contributed by atoms with van der Waals surface area (Å²) in [6, 6.07) is 17.5. The Balaban J connectivity index is 1.53. The molecule has 0 radical (unpaired) electrons. The van der Waals surface area contributed by atoms with E-state index < -0.39 is 17.7 Å². The molecule has 0 spiro atoms. The normalized spacial score (nSPS) is 15.4. The van der Waals surface area contributed by atoms with Crippen molar-refractivity contribution in [3.8, 4) is 5.75 Å². The lowest BCUT2D eigenvalue weighted by molar-refractivity contribution is -0.222. The zero-order valence-electron chi connectivity index (χ0n) is 15.9. The molecule has 1 heterocycles. The first-order valence-corrected chi connectivity index (χ1v) is 9.13. The molecule has 146 valence electrons. The Kier molecular flexibility index (Phi) is 5.99. The summed E-state index contributed by atoms with van der Waals surface area (Å²) >= 11 is 0. The highest BCUT2D eigenvalue weighted by molar-refractivity contribution is 6.15. The van der Waals surface area contributed by atoms with Crippen LogP contribution >= 0.6 is 0 Å². The van der Waals surface area contributed by atoms with Crippen molar-refractivity contribution < 1.29 is 23.8 Å². The van der Waals surface area contributed by atoms with Crippen LogP contribution in [-0.2, 0) is 25.5 Å². The highest BCUT2D eigenvalue weighted by atomic mass is 16.7. The molecule has 1 aliphatic rings. The Morgan fingerprint density at radius 1 is 1.00 bits per heavy atom. The fourth-order valence-corrected chi connectivity index (χ4v) is 2.72. The number of cyclic esters (lactones) is 2. The van der Waals surface area contributed by atoms with Gasteiger partial charge < -0.3 is 19.5 Å². The molecule has 2 aromatic rings. The summed E-state index contributed by atoms with van der Waals surface area (Å²) in [5, 5.41) is 2.92. The fourth-order valence-electron chi connectivity index (χ4n) is 2.72. The second-order valence-electron chi connectivity index (χ2n) is 6.85. The van der Waals surface area contributed by atoms with E-state index in [1.54, 1.807) is 12.1 Å². The van der Waals surface area contributed by atoms with Crippen LogP contribution in [0, 0.1) is 0 Å². The monoisotopic (exact) mass is 381 g/mol. The number of esters is 2. The maximum absolute atomic E-state index is 11.9. The fraction of sp³-hybridized carbons (Fsp3) is 0.273. The average molecular weight is 381 g/mol. The van der Waals surface area contributed by atoms with Gasteiger partial charge in [-0.05, 0) is 30.5 Å². The van der Waals surface area contributed by atoms with Crippen molar-refractivity contribution in [2.75, 3.05) is 11.9 Å². The van der Waals surface area contributed by atoms with Gasteiger partial charge in [0.15, 0.2) is 5.57 Å². The SMILES string of the molecule is CC1(C)OC(=O)C(=CNc2cccc(OCCCc3ccccc3)c2)C(=O)O1. The topological polar surface area (TPSA) is 73.9 Å². The van der Waals surface area contributed by atoms with E-state index >= 15 is 0 Å². The van der Waals surface area contributed by atoms with Crippen LogP contribution in [0.2, 0.25) is 0 Å². The van der Waals surface area contributed by atoms with Gasteiger partial charge in [0, 0.05) is 31.8 Å². The second kappa shape index (κ2) is 8.61. The quantitative estimate of drug-likeness (QED) is 0.340. The van der Waals surface area contributed by atoms with Crippen molar-refractivity contribution in [2.45, 2.75) is 32.5 Å². The van der Waals surface area contributed by atoms with Crippen LogP contribution in [-0.4, -0.2) is 24.3 Å². The van der Waals surface area contributed by atoms with Crippen molar-refractivity contribution >= 4 is 17.6 Å². The van der Waals surface area contributed by atoms with Crippen molar-refractivity contribution in [2.24, 2.45) is 0 Å². The van der Waals surface area contributed by atoms with E-state index in [9.17, 15) is 9.59 Å². The minimum atomic E-state index is -1.25. The third-order valence-electron chi connectivity index (χ3n) is 4.06. The van der Waals surface area contributed by atoms with Gasteiger partial charge in [-0.3, -0.25) is 0 Å². The van der Waals surface area contributed by atoms with E-state index in [-0.39, 0.29) is 5.57 Å². The summed E-state index contributed by atoms with van der Waals surface area (Å²) in [6.07, 6.45) is 3.14. The highest BCUT2D eigenvalue weighted by Crippen LogP contribution is 2.23. The molecule has 6 heteroatoms. The Labute approximate surface area is 164 Å². The minimum Gasteiger partial charge on any atom is -0.494 e. The lowest BCUT2D eigenvalue weighted by Crippen LogP contribution is -2.42. The van der Waals surface area contributed by atoms with Gasteiger partial charge >= 0.3 is 11.9 Å². The lowest BCUT2D eigenvalue weighted by Gasteiger charge is -2.29. The molecule has 1 N–H and O–H groups in total. The molecule has 1 fully saturated rings. The summed E-state index contributed by atoms with van der Waals surface area (Å²) in [5.74, 6) is -1.99. The molecule has 28 heavy (non-hydrogen) atoms. The number of aryl methyl sites for hydroxylation is 1. The zero-order chi connectivity index (χ0) is 20.0. The molecular formula is C22H23NO5. The van der Waals surface area contributed by atoms with E-state index in [0.717, 1.165) is 12.8 Å². The number of carbonyl (C=O) groups is 2. The lowest BCUT2D eigenvalue weighted by atomic mass is 10.1. The molecule has 6 nitrogen and oxygen atoms in total. The smallest absolute Gasteiger partial charge is 0.350 e. The summed E-state index contributed by atoms with van der Waals surface area (Å²) < 4.78 is 15.9. The maximum atomic E-state index is 11.9. The molecular weight excluding hydrogens is 358 g/mol. The van der Waals surface area contributed by atoms with Crippen LogP contribution in [0.15, 0.2) is 66.4 Å². The molecule has 0 saturated carbocycles. The number of benzene rings is 2. The van der Waals surface area contributed by atoms with Gasteiger partial charge in [-0.25, -0.2) is 9.59 Å². The van der Waals surface area contributed by atoms with Crippen molar-refractivity contribution in [3.05, 3.63) is 71.9 Å². The van der Waals surface area contributed by atoms with Gasteiger partial charge in [0.05, 0.1) is 6.61 Å². The van der Waals surface area contributed by atoms with Gasteiger partial charge in [0.1, 0.15) is 5.75 Å². The Bertz CT molecular complexity index is 852. The van der Waals surface area contributed by atoms with Crippen LogP contribution in [0.1, 0.15) is 25.8 Å². The van der Waals surface area contributed by atoms with E-state index in [1.807, 2.05) is 30.3 Å². The third kappa shape index (κ3) is 5.36. The number of anilines is 1. The van der Waals surface area contributed by atoms with Crippen molar-refractivity contribution in [1.29, 1.82) is 0 Å². The molecule has 2 aromatic carbocycles. The first-order valence-electron chi connectivity index (χ1n) is 9.13. The number of nitrogens with one attached hydrogen (secondary N) is 1. The standard InChI is InChI=1S/C22H23NO5/c1-22(2)27-20(24)19(21(25)28-22)15-23-17-11-6-12-18(14-17)26-13-7-10-16-8-4-3-5-9-16/h3-6,8-9,11-12,14-15,23H,7,10,13H2,1-2H3. The number of rotatable bonds is 7.